The van der Waals surface area contributed by atoms with Gasteiger partial charge in [0.15, 0.2) is 0 Å². The standard InChI is InChI=1S/C10H10F3N/c11-6-3-7(12)9(8(13)4-6)10(14)5-1-2-5/h3-5,10H,1-2,14H2/t10-/m1/s1. The van der Waals surface area contributed by atoms with Crippen LogP contribution in [0.5, 0.6) is 0 Å². The summed E-state index contributed by atoms with van der Waals surface area (Å²) >= 11 is 0. The van der Waals surface area contributed by atoms with Crippen LogP contribution in [0.1, 0.15) is 24.4 Å². The summed E-state index contributed by atoms with van der Waals surface area (Å²) in [5, 5.41) is 0. The van der Waals surface area contributed by atoms with Crippen LogP contribution >= 0.6 is 0 Å². The van der Waals surface area contributed by atoms with Crippen LogP contribution in [0.2, 0.25) is 0 Å². The molecule has 1 nitrogen and oxygen atoms in total. The highest BCUT2D eigenvalue weighted by Gasteiger charge is 2.33. The highest BCUT2D eigenvalue weighted by atomic mass is 19.1. The molecular weight excluding hydrogens is 191 g/mol. The average Bonchev–Trinajstić information content (AvgIpc) is 2.83. The molecule has 0 saturated heterocycles. The quantitative estimate of drug-likeness (QED) is 0.781. The summed E-state index contributed by atoms with van der Waals surface area (Å²) in [4.78, 5) is 0. The molecule has 2 N–H and O–H groups in total. The summed E-state index contributed by atoms with van der Waals surface area (Å²) in [5.41, 5.74) is 5.46. The van der Waals surface area contributed by atoms with Gasteiger partial charge in [0.25, 0.3) is 0 Å². The lowest BCUT2D eigenvalue weighted by molar-refractivity contribution is 0.486. The molecule has 14 heavy (non-hydrogen) atoms. The maximum Gasteiger partial charge on any atom is 0.133 e. The Morgan fingerprint density at radius 1 is 1.14 bits per heavy atom. The maximum absolute atomic E-state index is 13.2. The fourth-order valence-corrected chi connectivity index (χ4v) is 1.56. The largest absolute Gasteiger partial charge is 0.324 e. The van der Waals surface area contributed by atoms with Crippen molar-refractivity contribution < 1.29 is 13.2 Å². The highest BCUT2D eigenvalue weighted by Crippen LogP contribution is 2.40. The van der Waals surface area contributed by atoms with Crippen LogP contribution in [0.15, 0.2) is 12.1 Å². The molecule has 0 aromatic heterocycles. The molecule has 1 saturated carbocycles. The number of halogens is 3. The van der Waals surface area contributed by atoms with E-state index in [4.69, 9.17) is 5.73 Å². The van der Waals surface area contributed by atoms with Crippen molar-refractivity contribution in [3.8, 4) is 0 Å². The molecule has 1 aromatic rings. The minimum absolute atomic E-state index is 0.143. The Bertz CT molecular complexity index is 337. The zero-order chi connectivity index (χ0) is 10.3. The van der Waals surface area contributed by atoms with E-state index in [-0.39, 0.29) is 11.5 Å². The highest BCUT2D eigenvalue weighted by molar-refractivity contribution is 5.25. The van der Waals surface area contributed by atoms with Gasteiger partial charge in [-0.05, 0) is 18.8 Å². The summed E-state index contributed by atoms with van der Waals surface area (Å²) in [6.45, 7) is 0. The topological polar surface area (TPSA) is 26.0 Å². The molecule has 76 valence electrons. The van der Waals surface area contributed by atoms with Gasteiger partial charge in [-0.3, -0.25) is 0 Å². The van der Waals surface area contributed by atoms with Crippen LogP contribution in [0.3, 0.4) is 0 Å². The van der Waals surface area contributed by atoms with Crippen molar-refractivity contribution in [2.45, 2.75) is 18.9 Å². The van der Waals surface area contributed by atoms with Crippen molar-refractivity contribution in [2.24, 2.45) is 11.7 Å². The molecule has 0 heterocycles. The van der Waals surface area contributed by atoms with Crippen LogP contribution in [0, 0.1) is 23.4 Å². The number of hydrogen-bond donors (Lipinski definition) is 1. The van der Waals surface area contributed by atoms with E-state index in [9.17, 15) is 13.2 Å². The Morgan fingerprint density at radius 3 is 2.07 bits per heavy atom. The van der Waals surface area contributed by atoms with Crippen molar-refractivity contribution in [3.63, 3.8) is 0 Å². The number of benzene rings is 1. The van der Waals surface area contributed by atoms with Crippen molar-refractivity contribution in [1.82, 2.24) is 0 Å². The van der Waals surface area contributed by atoms with Crippen molar-refractivity contribution in [1.29, 1.82) is 0 Å². The van der Waals surface area contributed by atoms with Crippen LogP contribution in [0.25, 0.3) is 0 Å². The second kappa shape index (κ2) is 3.28. The summed E-state index contributed by atoms with van der Waals surface area (Å²) in [6, 6.07) is 0.692. The van der Waals surface area contributed by atoms with Gasteiger partial charge in [-0.25, -0.2) is 13.2 Å². The van der Waals surface area contributed by atoms with Gasteiger partial charge in [0.05, 0.1) is 0 Å². The molecule has 1 aromatic carbocycles. The van der Waals surface area contributed by atoms with E-state index in [0.29, 0.717) is 12.1 Å². The lowest BCUT2D eigenvalue weighted by Gasteiger charge is -2.12. The molecule has 1 aliphatic rings. The van der Waals surface area contributed by atoms with Crippen LogP contribution in [-0.4, -0.2) is 0 Å². The third kappa shape index (κ3) is 1.62. The molecule has 1 atom stereocenters. The third-order valence-electron chi connectivity index (χ3n) is 2.51. The minimum Gasteiger partial charge on any atom is -0.324 e. The maximum atomic E-state index is 13.2. The minimum atomic E-state index is -0.910. The number of rotatable bonds is 2. The lowest BCUT2D eigenvalue weighted by Crippen LogP contribution is -2.16. The normalized spacial score (nSPS) is 18.3. The van der Waals surface area contributed by atoms with E-state index >= 15 is 0 Å². The van der Waals surface area contributed by atoms with Crippen molar-refractivity contribution >= 4 is 0 Å². The summed E-state index contributed by atoms with van der Waals surface area (Å²) < 4.78 is 38.9. The molecule has 1 aliphatic carbocycles. The van der Waals surface area contributed by atoms with Crippen LogP contribution < -0.4 is 5.73 Å². The van der Waals surface area contributed by atoms with Gasteiger partial charge in [-0.1, -0.05) is 0 Å². The molecule has 0 bridgehead atoms. The summed E-state index contributed by atoms with van der Waals surface area (Å²) in [6.07, 6.45) is 1.77. The number of hydrogen-bond acceptors (Lipinski definition) is 1. The third-order valence-corrected chi connectivity index (χ3v) is 2.51. The van der Waals surface area contributed by atoms with Crippen molar-refractivity contribution in [3.05, 3.63) is 35.1 Å². The lowest BCUT2D eigenvalue weighted by atomic mass is 10.0. The van der Waals surface area contributed by atoms with E-state index in [1.807, 2.05) is 0 Å². The van der Waals surface area contributed by atoms with Gasteiger partial charge in [0.1, 0.15) is 17.5 Å². The first-order chi connectivity index (χ1) is 6.59. The molecule has 0 unspecified atom stereocenters. The van der Waals surface area contributed by atoms with E-state index in [1.54, 1.807) is 0 Å². The van der Waals surface area contributed by atoms with Gasteiger partial charge in [0, 0.05) is 23.7 Å². The molecular formula is C10H10F3N. The van der Waals surface area contributed by atoms with Gasteiger partial charge in [-0.15, -0.1) is 0 Å². The second-order valence-electron chi connectivity index (χ2n) is 3.65. The van der Waals surface area contributed by atoms with Gasteiger partial charge in [0.2, 0.25) is 0 Å². The first-order valence-electron chi connectivity index (χ1n) is 4.49. The smallest absolute Gasteiger partial charge is 0.133 e. The van der Waals surface area contributed by atoms with Crippen molar-refractivity contribution in [2.75, 3.05) is 0 Å². The Balaban J connectivity index is 2.40. The Morgan fingerprint density at radius 2 is 1.64 bits per heavy atom. The van der Waals surface area contributed by atoms with E-state index in [0.717, 1.165) is 12.8 Å². The van der Waals surface area contributed by atoms with Gasteiger partial charge < -0.3 is 5.73 Å². The SMILES string of the molecule is N[C@@H](c1c(F)cc(F)cc1F)C1CC1. The Kier molecular flexibility index (Phi) is 2.23. The molecule has 0 spiro atoms. The zero-order valence-corrected chi connectivity index (χ0v) is 7.43. The molecule has 0 amide bonds. The van der Waals surface area contributed by atoms with E-state index < -0.39 is 23.5 Å². The second-order valence-corrected chi connectivity index (χ2v) is 3.65. The average molecular weight is 201 g/mol. The predicted molar refractivity (Wildman–Crippen MR) is 46.0 cm³/mol. The van der Waals surface area contributed by atoms with Gasteiger partial charge in [-0.2, -0.15) is 0 Å². The molecule has 2 rings (SSSR count). The number of nitrogens with two attached hydrogens (primary N) is 1. The molecule has 4 heteroatoms. The molecule has 0 radical (unpaired) electrons. The summed E-state index contributed by atoms with van der Waals surface area (Å²) in [7, 11) is 0. The fraction of sp³-hybridized carbons (Fsp3) is 0.400. The van der Waals surface area contributed by atoms with E-state index in [2.05, 4.69) is 0 Å². The first kappa shape index (κ1) is 9.52. The van der Waals surface area contributed by atoms with E-state index in [1.165, 1.54) is 0 Å². The zero-order valence-electron chi connectivity index (χ0n) is 7.43. The Labute approximate surface area is 79.7 Å². The molecule has 1 fully saturated rings. The van der Waals surface area contributed by atoms with Crippen LogP contribution in [-0.2, 0) is 0 Å². The van der Waals surface area contributed by atoms with Gasteiger partial charge >= 0.3 is 0 Å². The Hall–Kier alpha value is -1.03. The molecule has 0 aliphatic heterocycles. The summed E-state index contributed by atoms with van der Waals surface area (Å²) in [5.74, 6) is -2.54. The van der Waals surface area contributed by atoms with Crippen LogP contribution in [0.4, 0.5) is 13.2 Å². The fourth-order valence-electron chi connectivity index (χ4n) is 1.56. The monoisotopic (exact) mass is 201 g/mol. The predicted octanol–water partition coefficient (Wildman–Crippen LogP) is 2.51. The first-order valence-corrected chi connectivity index (χ1v) is 4.49.